The van der Waals surface area contributed by atoms with Crippen molar-refractivity contribution in [3.8, 4) is 10.6 Å². The molecule has 0 fully saturated rings. The van der Waals surface area contributed by atoms with Gasteiger partial charge < -0.3 is 5.11 Å². The molecule has 1 aromatic heterocycles. The van der Waals surface area contributed by atoms with E-state index in [9.17, 15) is 9.50 Å². The van der Waals surface area contributed by atoms with Crippen LogP contribution in [0.2, 0.25) is 0 Å². The first-order valence-corrected chi connectivity index (χ1v) is 6.81. The fourth-order valence-corrected chi connectivity index (χ4v) is 2.92. The fourth-order valence-electron chi connectivity index (χ4n) is 1.54. The van der Waals surface area contributed by atoms with Crippen LogP contribution in [0.1, 0.15) is 17.5 Å². The van der Waals surface area contributed by atoms with Crippen molar-refractivity contribution in [2.75, 3.05) is 0 Å². The number of aryl methyl sites for hydroxylation is 1. The average molecular weight is 316 g/mol. The van der Waals surface area contributed by atoms with Gasteiger partial charge in [0.2, 0.25) is 0 Å². The van der Waals surface area contributed by atoms with Gasteiger partial charge in [-0.05, 0) is 40.5 Å². The molecule has 0 spiro atoms. The summed E-state index contributed by atoms with van der Waals surface area (Å²) in [7, 11) is 0. The number of nitrogens with zero attached hydrogens (tertiary/aromatic N) is 1. The third-order valence-electron chi connectivity index (χ3n) is 2.42. The lowest BCUT2D eigenvalue weighted by molar-refractivity contribution is 0.276. The third kappa shape index (κ3) is 2.56. The zero-order valence-corrected chi connectivity index (χ0v) is 11.6. The van der Waals surface area contributed by atoms with E-state index in [0.29, 0.717) is 10.2 Å². The van der Waals surface area contributed by atoms with E-state index in [1.807, 2.05) is 6.92 Å². The highest BCUT2D eigenvalue weighted by Crippen LogP contribution is 2.31. The smallest absolute Gasteiger partial charge is 0.137 e. The molecule has 90 valence electrons. The molecule has 0 amide bonds. The lowest BCUT2D eigenvalue weighted by atomic mass is 10.2. The number of hydrogen-bond donors (Lipinski definition) is 1. The Bertz CT molecular complexity index is 520. The standard InChI is InChI=1S/C12H11BrFNOS/c1-2-11-10(6-16)15-12(17-11)7-3-4-9(14)8(13)5-7/h3-5,16H,2,6H2,1H3. The van der Waals surface area contributed by atoms with Gasteiger partial charge in [-0.15, -0.1) is 11.3 Å². The predicted molar refractivity (Wildman–Crippen MR) is 70.5 cm³/mol. The predicted octanol–water partition coefficient (Wildman–Crippen LogP) is 3.77. The van der Waals surface area contributed by atoms with E-state index in [1.165, 1.54) is 17.4 Å². The van der Waals surface area contributed by atoms with E-state index < -0.39 is 0 Å². The van der Waals surface area contributed by atoms with Gasteiger partial charge in [0.1, 0.15) is 10.8 Å². The maximum atomic E-state index is 13.1. The molecule has 0 saturated heterocycles. The summed E-state index contributed by atoms with van der Waals surface area (Å²) in [6.45, 7) is 1.97. The van der Waals surface area contributed by atoms with E-state index >= 15 is 0 Å². The molecule has 17 heavy (non-hydrogen) atoms. The molecule has 0 aliphatic carbocycles. The Morgan fingerprint density at radius 2 is 2.24 bits per heavy atom. The first-order chi connectivity index (χ1) is 8.15. The second-order valence-electron chi connectivity index (χ2n) is 3.53. The highest BCUT2D eigenvalue weighted by Gasteiger charge is 2.11. The van der Waals surface area contributed by atoms with Gasteiger partial charge in [-0.2, -0.15) is 0 Å². The Hall–Kier alpha value is -0.780. The van der Waals surface area contributed by atoms with Crippen molar-refractivity contribution in [2.24, 2.45) is 0 Å². The van der Waals surface area contributed by atoms with Gasteiger partial charge in [-0.1, -0.05) is 6.92 Å². The summed E-state index contributed by atoms with van der Waals surface area (Å²) < 4.78 is 13.6. The van der Waals surface area contributed by atoms with Gasteiger partial charge in [-0.25, -0.2) is 9.37 Å². The van der Waals surface area contributed by atoms with Crippen LogP contribution in [0, 0.1) is 5.82 Å². The Morgan fingerprint density at radius 1 is 1.47 bits per heavy atom. The van der Waals surface area contributed by atoms with Gasteiger partial charge in [0.05, 0.1) is 16.8 Å². The number of aliphatic hydroxyl groups excluding tert-OH is 1. The van der Waals surface area contributed by atoms with Crippen LogP contribution in [0.15, 0.2) is 22.7 Å². The molecular formula is C12H11BrFNOS. The number of benzene rings is 1. The van der Waals surface area contributed by atoms with Crippen molar-refractivity contribution in [1.29, 1.82) is 0 Å². The van der Waals surface area contributed by atoms with Crippen LogP contribution in [0.5, 0.6) is 0 Å². The van der Waals surface area contributed by atoms with Crippen molar-refractivity contribution < 1.29 is 9.50 Å². The quantitative estimate of drug-likeness (QED) is 0.935. The van der Waals surface area contributed by atoms with Crippen molar-refractivity contribution >= 4 is 27.3 Å². The zero-order valence-electron chi connectivity index (χ0n) is 9.20. The minimum atomic E-state index is -0.289. The summed E-state index contributed by atoms with van der Waals surface area (Å²) in [5.74, 6) is -0.289. The molecule has 5 heteroatoms. The average Bonchev–Trinajstić information content (AvgIpc) is 2.75. The molecule has 0 unspecified atom stereocenters. The summed E-state index contributed by atoms with van der Waals surface area (Å²) in [6.07, 6.45) is 0.843. The maximum Gasteiger partial charge on any atom is 0.137 e. The largest absolute Gasteiger partial charge is 0.390 e. The van der Waals surface area contributed by atoms with E-state index in [0.717, 1.165) is 21.9 Å². The molecule has 0 bridgehead atoms. The van der Waals surface area contributed by atoms with E-state index in [1.54, 1.807) is 12.1 Å². The number of rotatable bonds is 3. The van der Waals surface area contributed by atoms with Crippen LogP contribution < -0.4 is 0 Å². The van der Waals surface area contributed by atoms with Gasteiger partial charge in [0.25, 0.3) is 0 Å². The Kier molecular flexibility index (Phi) is 3.91. The summed E-state index contributed by atoms with van der Waals surface area (Å²) in [6, 6.07) is 4.80. The van der Waals surface area contributed by atoms with Crippen molar-refractivity contribution in [3.05, 3.63) is 39.1 Å². The normalized spacial score (nSPS) is 10.8. The van der Waals surface area contributed by atoms with Gasteiger partial charge in [-0.3, -0.25) is 0 Å². The first-order valence-electron chi connectivity index (χ1n) is 5.20. The molecule has 0 aliphatic rings. The van der Waals surface area contributed by atoms with Crippen LogP contribution in [0.25, 0.3) is 10.6 Å². The molecule has 0 saturated carbocycles. The topological polar surface area (TPSA) is 33.1 Å². The van der Waals surface area contributed by atoms with Crippen LogP contribution in [0.3, 0.4) is 0 Å². The number of thiazole rings is 1. The zero-order chi connectivity index (χ0) is 12.4. The van der Waals surface area contributed by atoms with Crippen LogP contribution >= 0.6 is 27.3 Å². The first kappa shape index (κ1) is 12.7. The SMILES string of the molecule is CCc1sc(-c2ccc(F)c(Br)c2)nc1CO. The third-order valence-corrected chi connectivity index (χ3v) is 4.31. The molecule has 0 radical (unpaired) electrons. The lowest BCUT2D eigenvalue weighted by Gasteiger charge is -1.98. The number of hydrogen-bond acceptors (Lipinski definition) is 3. The van der Waals surface area contributed by atoms with Crippen molar-refractivity contribution in [2.45, 2.75) is 20.0 Å². The minimum Gasteiger partial charge on any atom is -0.390 e. The highest BCUT2D eigenvalue weighted by molar-refractivity contribution is 9.10. The second kappa shape index (κ2) is 5.25. The number of aromatic nitrogens is 1. The summed E-state index contributed by atoms with van der Waals surface area (Å²) in [4.78, 5) is 5.44. The van der Waals surface area contributed by atoms with Crippen molar-refractivity contribution in [3.63, 3.8) is 0 Å². The molecule has 2 rings (SSSR count). The molecule has 0 atom stereocenters. The van der Waals surface area contributed by atoms with Crippen LogP contribution in [-0.2, 0) is 13.0 Å². The molecular weight excluding hydrogens is 305 g/mol. The molecule has 1 heterocycles. The van der Waals surface area contributed by atoms with E-state index in [-0.39, 0.29) is 12.4 Å². The Labute approximate surface area is 111 Å². The highest BCUT2D eigenvalue weighted by atomic mass is 79.9. The lowest BCUT2D eigenvalue weighted by Crippen LogP contribution is -1.88. The molecule has 2 aromatic rings. The molecule has 1 N–H and O–H groups in total. The molecule has 0 aliphatic heterocycles. The van der Waals surface area contributed by atoms with Crippen LogP contribution in [0.4, 0.5) is 4.39 Å². The molecule has 2 nitrogen and oxygen atoms in total. The van der Waals surface area contributed by atoms with Gasteiger partial charge in [0.15, 0.2) is 0 Å². The minimum absolute atomic E-state index is 0.0535. The van der Waals surface area contributed by atoms with Crippen molar-refractivity contribution in [1.82, 2.24) is 4.98 Å². The Morgan fingerprint density at radius 3 is 2.76 bits per heavy atom. The molecule has 1 aromatic carbocycles. The summed E-state index contributed by atoms with van der Waals surface area (Å²) in [5.41, 5.74) is 1.57. The second-order valence-corrected chi connectivity index (χ2v) is 5.47. The number of halogens is 2. The van der Waals surface area contributed by atoms with E-state index in [4.69, 9.17) is 0 Å². The summed E-state index contributed by atoms with van der Waals surface area (Å²) >= 11 is 4.69. The Balaban J connectivity index is 2.45. The fraction of sp³-hybridized carbons (Fsp3) is 0.250. The monoisotopic (exact) mass is 315 g/mol. The van der Waals surface area contributed by atoms with Gasteiger partial charge >= 0.3 is 0 Å². The maximum absolute atomic E-state index is 13.1. The summed E-state index contributed by atoms with van der Waals surface area (Å²) in [5, 5.41) is 10.00. The van der Waals surface area contributed by atoms with Gasteiger partial charge in [0, 0.05) is 10.4 Å². The van der Waals surface area contributed by atoms with Crippen LogP contribution in [-0.4, -0.2) is 10.1 Å². The number of aliphatic hydroxyl groups is 1. The van der Waals surface area contributed by atoms with E-state index in [2.05, 4.69) is 20.9 Å².